The molecule has 0 aliphatic carbocycles. The number of halogens is 1. The summed E-state index contributed by atoms with van der Waals surface area (Å²) in [5, 5.41) is 8.71. The topological polar surface area (TPSA) is 53.2 Å². The summed E-state index contributed by atoms with van der Waals surface area (Å²) in [6.07, 6.45) is 1.28. The van der Waals surface area contributed by atoms with Crippen LogP contribution >= 0.6 is 11.6 Å². The van der Waals surface area contributed by atoms with Crippen LogP contribution in [0.4, 0.5) is 5.82 Å². The van der Waals surface area contributed by atoms with Crippen LogP contribution in [0.2, 0.25) is 5.02 Å². The molecule has 1 N–H and O–H groups in total. The number of nitrogens with zero attached hydrogens (tertiary/aromatic N) is 2. The van der Waals surface area contributed by atoms with Crippen molar-refractivity contribution in [2.45, 2.75) is 0 Å². The third-order valence-electron chi connectivity index (χ3n) is 0.908. The summed E-state index contributed by atoms with van der Waals surface area (Å²) >= 11 is 5.45. The van der Waals surface area contributed by atoms with Gasteiger partial charge in [0.2, 0.25) is 0 Å². The summed E-state index contributed by atoms with van der Waals surface area (Å²) in [6, 6.07) is 2.78. The molecule has 0 aliphatic heterocycles. The van der Waals surface area contributed by atoms with Gasteiger partial charge in [-0.25, -0.2) is 0 Å². The molecule has 0 spiro atoms. The van der Waals surface area contributed by atoms with Crippen LogP contribution in [0.3, 0.4) is 0 Å². The van der Waals surface area contributed by atoms with Gasteiger partial charge in [-0.3, -0.25) is 0 Å². The van der Waals surface area contributed by atoms with Gasteiger partial charge in [-0.1, -0.05) is 11.6 Å². The van der Waals surface area contributed by atoms with Gasteiger partial charge in [0.05, 0.1) is 5.02 Å². The van der Waals surface area contributed by atoms with E-state index >= 15 is 0 Å². The van der Waals surface area contributed by atoms with Crippen molar-refractivity contribution in [2.24, 2.45) is 0 Å². The molecule has 5 heteroatoms. The minimum Gasteiger partial charge on any atom is -0.314 e. The number of aromatic nitrogens is 1. The van der Waals surface area contributed by atoms with Gasteiger partial charge in [0.15, 0.2) is 11.1 Å². The Morgan fingerprint density at radius 1 is 1.60 bits per heavy atom. The Bertz CT molecular complexity index is 246. The lowest BCUT2D eigenvalue weighted by atomic mass is 10.5. The molecule has 0 fully saturated rings. The Labute approximate surface area is 61.6 Å². The summed E-state index contributed by atoms with van der Waals surface area (Å²) in [5.74, 6) is -0.0793. The highest BCUT2D eigenvalue weighted by molar-refractivity contribution is 6.30. The Balaban J connectivity index is 3.00. The molecule has 1 rings (SSSR count). The monoisotopic (exact) mass is 159 g/mol. The Morgan fingerprint density at radius 3 is 2.70 bits per heavy atom. The van der Waals surface area contributed by atoms with Crippen molar-refractivity contribution in [3.63, 3.8) is 0 Å². The minimum absolute atomic E-state index is 0.0793. The van der Waals surface area contributed by atoms with Gasteiger partial charge in [-0.2, -0.15) is 0 Å². The van der Waals surface area contributed by atoms with Gasteiger partial charge in [0.1, 0.15) is 0 Å². The summed E-state index contributed by atoms with van der Waals surface area (Å²) in [6.45, 7) is 0. The molecule has 52 valence electrons. The normalized spacial score (nSPS) is 9.30. The maximum absolute atomic E-state index is 10.1. The standard InChI is InChI=1S/C5H4ClN2O2/c6-4-1-2-5(7-3-4)8(9)10/h1-3H,(H,9,10)/q+1. The Kier molecular flexibility index (Phi) is 1.82. The summed E-state index contributed by atoms with van der Waals surface area (Å²) in [5.41, 5.74) is 0. The van der Waals surface area contributed by atoms with Crippen LogP contribution in [0, 0.1) is 4.91 Å². The molecule has 0 saturated carbocycles. The zero-order chi connectivity index (χ0) is 7.56. The lowest BCUT2D eigenvalue weighted by Gasteiger charge is -1.81. The Hall–Kier alpha value is -1.16. The molecule has 1 heterocycles. The first kappa shape index (κ1) is 6.95. The number of pyridine rings is 1. The molecule has 0 aromatic carbocycles. The minimum atomic E-state index is -0.323. The predicted molar refractivity (Wildman–Crippen MR) is 34.3 cm³/mol. The molecule has 1 aromatic rings. The number of rotatable bonds is 1. The van der Waals surface area contributed by atoms with Crippen LogP contribution in [0.25, 0.3) is 0 Å². The fourth-order valence-electron chi connectivity index (χ4n) is 0.481. The van der Waals surface area contributed by atoms with Gasteiger partial charge >= 0.3 is 5.82 Å². The summed E-state index contributed by atoms with van der Waals surface area (Å²) in [4.78, 5) is 13.3. The average molecular weight is 160 g/mol. The lowest BCUT2D eigenvalue weighted by molar-refractivity contribution is -0.732. The van der Waals surface area contributed by atoms with E-state index in [-0.39, 0.29) is 10.7 Å². The molecule has 0 bridgehead atoms. The predicted octanol–water partition coefficient (Wildman–Crippen LogP) is 1.53. The van der Waals surface area contributed by atoms with Gasteiger partial charge < -0.3 is 5.21 Å². The molecule has 0 aliphatic rings. The fourth-order valence-corrected chi connectivity index (χ4v) is 0.593. The second-order valence-corrected chi connectivity index (χ2v) is 2.04. The van der Waals surface area contributed by atoms with Gasteiger partial charge in [-0.15, -0.1) is 0 Å². The van der Waals surface area contributed by atoms with E-state index in [4.69, 9.17) is 16.8 Å². The molecule has 0 saturated heterocycles. The lowest BCUT2D eigenvalue weighted by Crippen LogP contribution is -1.93. The van der Waals surface area contributed by atoms with E-state index in [1.54, 1.807) is 0 Å². The van der Waals surface area contributed by atoms with E-state index in [1.165, 1.54) is 18.3 Å². The smallest absolute Gasteiger partial charge is 0.314 e. The van der Waals surface area contributed by atoms with Crippen molar-refractivity contribution in [3.05, 3.63) is 28.3 Å². The third-order valence-corrected chi connectivity index (χ3v) is 1.13. The fraction of sp³-hybridized carbons (Fsp3) is 0. The average Bonchev–Trinajstić information content (AvgIpc) is 1.88. The van der Waals surface area contributed by atoms with E-state index in [1.807, 2.05) is 0 Å². The van der Waals surface area contributed by atoms with Crippen LogP contribution in [0.15, 0.2) is 18.3 Å². The highest BCUT2D eigenvalue weighted by atomic mass is 35.5. The van der Waals surface area contributed by atoms with Gasteiger partial charge in [-0.05, 0) is 16.0 Å². The molecule has 0 atom stereocenters. The van der Waals surface area contributed by atoms with Crippen molar-refractivity contribution in [3.8, 4) is 0 Å². The first-order valence-electron chi connectivity index (χ1n) is 2.48. The number of hydrogen-bond acceptors (Lipinski definition) is 2. The quantitative estimate of drug-likeness (QED) is 0.633. The summed E-state index contributed by atoms with van der Waals surface area (Å²) < 4.78 is 0. The molecule has 10 heavy (non-hydrogen) atoms. The zero-order valence-electron chi connectivity index (χ0n) is 4.86. The van der Waals surface area contributed by atoms with Crippen molar-refractivity contribution in [1.82, 2.24) is 4.98 Å². The summed E-state index contributed by atoms with van der Waals surface area (Å²) in [7, 11) is 0. The number of hydrogen-bond donors (Lipinski definition) is 1. The van der Waals surface area contributed by atoms with Crippen LogP contribution in [0.5, 0.6) is 0 Å². The van der Waals surface area contributed by atoms with Gasteiger partial charge in [0.25, 0.3) is 0 Å². The first-order chi connectivity index (χ1) is 4.70. The van der Waals surface area contributed by atoms with E-state index < -0.39 is 0 Å². The first-order valence-corrected chi connectivity index (χ1v) is 2.85. The molecule has 0 unspecified atom stereocenters. The highest BCUT2D eigenvalue weighted by Crippen LogP contribution is 2.10. The second kappa shape index (κ2) is 2.62. The largest absolute Gasteiger partial charge is 0.408 e. The maximum atomic E-state index is 10.1. The molecule has 1 aromatic heterocycles. The van der Waals surface area contributed by atoms with E-state index in [2.05, 4.69) is 4.98 Å². The molecule has 0 radical (unpaired) electrons. The van der Waals surface area contributed by atoms with Crippen molar-refractivity contribution in [2.75, 3.05) is 0 Å². The van der Waals surface area contributed by atoms with E-state index in [0.29, 0.717) is 5.02 Å². The second-order valence-electron chi connectivity index (χ2n) is 1.61. The van der Waals surface area contributed by atoms with Crippen LogP contribution in [-0.4, -0.2) is 15.1 Å². The third kappa shape index (κ3) is 1.41. The SMILES string of the molecule is O=[N+](O)c1ccc(Cl)cn1. The maximum Gasteiger partial charge on any atom is 0.408 e. The highest BCUT2D eigenvalue weighted by Gasteiger charge is 2.09. The van der Waals surface area contributed by atoms with Crippen molar-refractivity contribution >= 4 is 17.4 Å². The zero-order valence-corrected chi connectivity index (χ0v) is 5.62. The van der Waals surface area contributed by atoms with Crippen LogP contribution < -0.4 is 0 Å². The van der Waals surface area contributed by atoms with Crippen LogP contribution in [0.1, 0.15) is 0 Å². The van der Waals surface area contributed by atoms with Crippen molar-refractivity contribution < 1.29 is 10.1 Å². The van der Waals surface area contributed by atoms with Crippen LogP contribution in [-0.2, 0) is 0 Å². The molecular formula is C5H4ClN2O2+. The van der Waals surface area contributed by atoms with E-state index in [0.717, 1.165) is 0 Å². The molecule has 4 nitrogen and oxygen atoms in total. The molecular weight excluding hydrogens is 156 g/mol. The van der Waals surface area contributed by atoms with Crippen molar-refractivity contribution in [1.29, 1.82) is 0 Å². The Morgan fingerprint density at radius 2 is 2.30 bits per heavy atom. The van der Waals surface area contributed by atoms with Gasteiger partial charge in [0, 0.05) is 6.07 Å². The van der Waals surface area contributed by atoms with E-state index in [9.17, 15) is 4.91 Å². The molecule has 0 amide bonds.